The molecule has 0 radical (unpaired) electrons. The molecule has 0 aromatic carbocycles. The quantitative estimate of drug-likeness (QED) is 0.611. The second-order valence-corrected chi connectivity index (χ2v) is 6.43. The molecule has 6 nitrogen and oxygen atoms in total. The Morgan fingerprint density at radius 3 is 2.95 bits per heavy atom. The van der Waals surface area contributed by atoms with Crippen molar-refractivity contribution in [3.8, 4) is 0 Å². The van der Waals surface area contributed by atoms with Gasteiger partial charge in [-0.25, -0.2) is 14.6 Å². The van der Waals surface area contributed by atoms with Crippen molar-refractivity contribution in [3.63, 3.8) is 0 Å². The third kappa shape index (κ3) is 2.98. The standard InChI is InChI=1S/C12H16BrN5OS/c1-17-11-9(10(13)16-17)12(15-8-14-11)20-7-4-18-2-5-19-6-3-18/h8H,2-7H2,1H3. The molecule has 0 atom stereocenters. The molecule has 3 heterocycles. The molecule has 1 saturated heterocycles. The van der Waals surface area contributed by atoms with Crippen molar-refractivity contribution < 1.29 is 4.74 Å². The molecule has 108 valence electrons. The summed E-state index contributed by atoms with van der Waals surface area (Å²) in [6.07, 6.45) is 1.60. The number of morpholine rings is 1. The number of thioether (sulfide) groups is 1. The number of hydrogen-bond acceptors (Lipinski definition) is 6. The van der Waals surface area contributed by atoms with Gasteiger partial charge in [0.25, 0.3) is 0 Å². The first-order valence-corrected chi connectivity index (χ1v) is 8.29. The topological polar surface area (TPSA) is 56.1 Å². The number of aryl methyl sites for hydroxylation is 1. The second kappa shape index (κ2) is 6.38. The van der Waals surface area contributed by atoms with Crippen molar-refractivity contribution in [2.24, 2.45) is 7.05 Å². The molecule has 1 fully saturated rings. The molecule has 0 N–H and O–H groups in total. The Bertz CT molecular complexity index is 599. The van der Waals surface area contributed by atoms with Gasteiger partial charge in [-0.1, -0.05) is 0 Å². The maximum Gasteiger partial charge on any atom is 0.163 e. The summed E-state index contributed by atoms with van der Waals surface area (Å²) in [7, 11) is 1.89. The number of aromatic nitrogens is 4. The Labute approximate surface area is 130 Å². The molecule has 1 aliphatic rings. The Balaban J connectivity index is 1.68. The molecule has 20 heavy (non-hydrogen) atoms. The molecule has 0 saturated carbocycles. The summed E-state index contributed by atoms with van der Waals surface area (Å²) >= 11 is 5.24. The van der Waals surface area contributed by atoms with Crippen LogP contribution < -0.4 is 0 Å². The number of rotatable bonds is 4. The summed E-state index contributed by atoms with van der Waals surface area (Å²) < 4.78 is 7.93. The highest BCUT2D eigenvalue weighted by Gasteiger charge is 2.15. The van der Waals surface area contributed by atoms with Crippen LogP contribution in [0.3, 0.4) is 0 Å². The minimum absolute atomic E-state index is 0.810. The van der Waals surface area contributed by atoms with Gasteiger partial charge in [0.05, 0.1) is 18.6 Å². The molecule has 1 aliphatic heterocycles. The van der Waals surface area contributed by atoms with Gasteiger partial charge in [0.2, 0.25) is 0 Å². The first-order valence-electron chi connectivity index (χ1n) is 6.52. The fraction of sp³-hybridized carbons (Fsp3) is 0.583. The van der Waals surface area contributed by atoms with Gasteiger partial charge in [-0.15, -0.1) is 11.8 Å². The average Bonchev–Trinajstić information content (AvgIpc) is 2.76. The smallest absolute Gasteiger partial charge is 0.163 e. The van der Waals surface area contributed by atoms with Gasteiger partial charge in [0.15, 0.2) is 5.65 Å². The van der Waals surface area contributed by atoms with Crippen molar-refractivity contribution >= 4 is 38.7 Å². The molecule has 2 aromatic heterocycles. The Morgan fingerprint density at radius 1 is 1.35 bits per heavy atom. The highest BCUT2D eigenvalue weighted by atomic mass is 79.9. The maximum atomic E-state index is 5.35. The van der Waals surface area contributed by atoms with Crippen molar-refractivity contribution in [1.29, 1.82) is 0 Å². The lowest BCUT2D eigenvalue weighted by atomic mass is 10.4. The predicted molar refractivity (Wildman–Crippen MR) is 82.0 cm³/mol. The van der Waals surface area contributed by atoms with Crippen molar-refractivity contribution in [2.45, 2.75) is 5.03 Å². The lowest BCUT2D eigenvalue weighted by Crippen LogP contribution is -2.37. The van der Waals surface area contributed by atoms with Gasteiger partial charge in [-0.3, -0.25) is 4.90 Å². The molecule has 0 spiro atoms. The van der Waals surface area contributed by atoms with Gasteiger partial charge < -0.3 is 4.74 Å². The van der Waals surface area contributed by atoms with Gasteiger partial charge in [0.1, 0.15) is 16.0 Å². The summed E-state index contributed by atoms with van der Waals surface area (Å²) in [5, 5.41) is 6.33. The SMILES string of the molecule is Cn1nc(Br)c2c(SCCN3CCOCC3)ncnc21. The van der Waals surface area contributed by atoms with E-state index in [4.69, 9.17) is 4.74 Å². The van der Waals surface area contributed by atoms with Gasteiger partial charge in [0, 0.05) is 32.4 Å². The molecular weight excluding hydrogens is 342 g/mol. The van der Waals surface area contributed by atoms with E-state index in [1.165, 1.54) is 0 Å². The van der Waals surface area contributed by atoms with E-state index in [0.29, 0.717) is 0 Å². The average molecular weight is 358 g/mol. The van der Waals surface area contributed by atoms with Crippen LogP contribution >= 0.6 is 27.7 Å². The van der Waals surface area contributed by atoms with E-state index in [1.807, 2.05) is 7.05 Å². The maximum absolute atomic E-state index is 5.35. The largest absolute Gasteiger partial charge is 0.379 e. The number of hydrogen-bond donors (Lipinski definition) is 0. The van der Waals surface area contributed by atoms with E-state index in [1.54, 1.807) is 22.8 Å². The number of fused-ring (bicyclic) bond motifs is 1. The van der Waals surface area contributed by atoms with Gasteiger partial charge in [-0.2, -0.15) is 5.10 Å². The lowest BCUT2D eigenvalue weighted by Gasteiger charge is -2.26. The third-order valence-corrected chi connectivity index (χ3v) is 4.82. The molecular formula is C12H16BrN5OS. The molecule has 0 amide bonds. The molecule has 0 bridgehead atoms. The van der Waals surface area contributed by atoms with E-state index in [2.05, 4.69) is 35.9 Å². The third-order valence-electron chi connectivity index (χ3n) is 3.29. The lowest BCUT2D eigenvalue weighted by molar-refractivity contribution is 0.0410. The van der Waals surface area contributed by atoms with E-state index >= 15 is 0 Å². The van der Waals surface area contributed by atoms with Gasteiger partial charge >= 0.3 is 0 Å². The highest BCUT2D eigenvalue weighted by Crippen LogP contribution is 2.29. The van der Waals surface area contributed by atoms with Crippen molar-refractivity contribution in [2.75, 3.05) is 38.6 Å². The minimum atomic E-state index is 0.810. The fourth-order valence-electron chi connectivity index (χ4n) is 2.22. The summed E-state index contributed by atoms with van der Waals surface area (Å²) in [5.41, 5.74) is 0.862. The number of halogens is 1. The Morgan fingerprint density at radius 2 is 2.15 bits per heavy atom. The Kier molecular flexibility index (Phi) is 4.54. The van der Waals surface area contributed by atoms with Crippen LogP contribution in [0.4, 0.5) is 0 Å². The molecule has 0 unspecified atom stereocenters. The minimum Gasteiger partial charge on any atom is -0.379 e. The summed E-state index contributed by atoms with van der Waals surface area (Å²) in [6.45, 7) is 4.79. The monoisotopic (exact) mass is 357 g/mol. The van der Waals surface area contributed by atoms with E-state index in [0.717, 1.165) is 59.3 Å². The van der Waals surface area contributed by atoms with Crippen LogP contribution in [0.15, 0.2) is 16.0 Å². The van der Waals surface area contributed by atoms with Crippen LogP contribution in [0.1, 0.15) is 0 Å². The summed E-state index contributed by atoms with van der Waals surface area (Å²) in [6, 6.07) is 0. The van der Waals surface area contributed by atoms with E-state index < -0.39 is 0 Å². The first-order chi connectivity index (χ1) is 9.75. The van der Waals surface area contributed by atoms with Crippen molar-refractivity contribution in [3.05, 3.63) is 10.9 Å². The van der Waals surface area contributed by atoms with E-state index in [-0.39, 0.29) is 0 Å². The van der Waals surface area contributed by atoms with Crippen LogP contribution in [0.5, 0.6) is 0 Å². The van der Waals surface area contributed by atoms with Crippen LogP contribution in [0, 0.1) is 0 Å². The molecule has 2 aromatic rings. The second-order valence-electron chi connectivity index (χ2n) is 4.59. The Hall–Kier alpha value is -0.700. The summed E-state index contributed by atoms with van der Waals surface area (Å²) in [5.74, 6) is 1.01. The van der Waals surface area contributed by atoms with Crippen LogP contribution in [-0.4, -0.2) is 63.2 Å². The number of nitrogens with zero attached hydrogens (tertiary/aromatic N) is 5. The summed E-state index contributed by atoms with van der Waals surface area (Å²) in [4.78, 5) is 11.1. The molecule has 3 rings (SSSR count). The zero-order chi connectivity index (χ0) is 13.9. The van der Waals surface area contributed by atoms with Gasteiger partial charge in [-0.05, 0) is 15.9 Å². The molecule has 8 heteroatoms. The van der Waals surface area contributed by atoms with Crippen LogP contribution in [0.25, 0.3) is 11.0 Å². The normalized spacial score (nSPS) is 16.9. The van der Waals surface area contributed by atoms with E-state index in [9.17, 15) is 0 Å². The van der Waals surface area contributed by atoms with Crippen LogP contribution in [-0.2, 0) is 11.8 Å². The number of ether oxygens (including phenoxy) is 1. The van der Waals surface area contributed by atoms with Crippen LogP contribution in [0.2, 0.25) is 0 Å². The van der Waals surface area contributed by atoms with Crippen molar-refractivity contribution in [1.82, 2.24) is 24.6 Å². The highest BCUT2D eigenvalue weighted by molar-refractivity contribution is 9.10. The fourth-order valence-corrected chi connectivity index (χ4v) is 3.95. The zero-order valence-electron chi connectivity index (χ0n) is 11.3. The molecule has 0 aliphatic carbocycles. The zero-order valence-corrected chi connectivity index (χ0v) is 13.7. The first kappa shape index (κ1) is 14.2. The predicted octanol–water partition coefficient (Wildman–Crippen LogP) is 1.55.